The van der Waals surface area contributed by atoms with E-state index in [1.54, 1.807) is 24.3 Å². The van der Waals surface area contributed by atoms with Gasteiger partial charge in [0.25, 0.3) is 0 Å². The predicted molar refractivity (Wildman–Crippen MR) is 174 cm³/mol. The highest BCUT2D eigenvalue weighted by Gasteiger charge is 2.19. The molecule has 4 nitrogen and oxygen atoms in total. The van der Waals surface area contributed by atoms with Crippen LogP contribution in [0.5, 0.6) is 5.75 Å². The van der Waals surface area contributed by atoms with Gasteiger partial charge in [-0.25, -0.2) is 4.39 Å². The van der Waals surface area contributed by atoms with Gasteiger partial charge in [0.15, 0.2) is 0 Å². The van der Waals surface area contributed by atoms with Gasteiger partial charge in [-0.15, -0.1) is 19.6 Å². The van der Waals surface area contributed by atoms with Gasteiger partial charge >= 0.3 is 0 Å². The number of nitrogens with zero attached hydrogens (tertiary/aromatic N) is 1. The summed E-state index contributed by atoms with van der Waals surface area (Å²) in [5.74, 6) is 8.62. The Morgan fingerprint density at radius 3 is 2.19 bits per heavy atom. The molecule has 0 radical (unpaired) electrons. The molecule has 0 heterocycles. The van der Waals surface area contributed by atoms with Crippen LogP contribution >= 0.6 is 0 Å². The molecule has 0 saturated heterocycles. The van der Waals surface area contributed by atoms with Gasteiger partial charge in [-0.2, -0.15) is 0 Å². The van der Waals surface area contributed by atoms with Crippen molar-refractivity contribution in [2.24, 2.45) is 0 Å². The number of benzene rings is 4. The molecule has 0 N–H and O–H groups in total. The molecule has 0 atom stereocenters. The molecule has 0 aromatic heterocycles. The van der Waals surface area contributed by atoms with Crippen LogP contribution in [-0.4, -0.2) is 19.1 Å². The van der Waals surface area contributed by atoms with Crippen LogP contribution in [0.3, 0.4) is 0 Å². The highest BCUT2D eigenvalue weighted by Crippen LogP contribution is 2.28. The fraction of sp³-hybridized carbons (Fsp3) is 0.184. The summed E-state index contributed by atoms with van der Waals surface area (Å²) in [6.07, 6.45) is 5.65. The van der Waals surface area contributed by atoms with Crippen molar-refractivity contribution >= 4 is 11.6 Å². The zero-order chi connectivity index (χ0) is 31.5. The van der Waals surface area contributed by atoms with E-state index >= 15 is 0 Å². The normalized spacial score (nSPS) is 9.47. The van der Waals surface area contributed by atoms with Crippen molar-refractivity contribution in [3.05, 3.63) is 144 Å². The van der Waals surface area contributed by atoms with Crippen LogP contribution in [0.1, 0.15) is 48.6 Å². The minimum atomic E-state index is -0.467. The Morgan fingerprint density at radius 2 is 1.53 bits per heavy atom. The van der Waals surface area contributed by atoms with Gasteiger partial charge in [0.2, 0.25) is 5.91 Å². The first-order valence-electron chi connectivity index (χ1n) is 14.0. The van der Waals surface area contributed by atoms with Gasteiger partial charge in [0.05, 0.1) is 25.4 Å². The van der Waals surface area contributed by atoms with Gasteiger partial charge < -0.3 is 14.4 Å². The van der Waals surface area contributed by atoms with E-state index in [0.29, 0.717) is 47.9 Å². The van der Waals surface area contributed by atoms with Crippen LogP contribution in [0.2, 0.25) is 0 Å². The molecule has 0 aliphatic carbocycles. The Kier molecular flexibility index (Phi) is 15.1. The number of terminal acetylenes is 1. The Hall–Kier alpha value is -5.10. The zero-order valence-corrected chi connectivity index (χ0v) is 25.1. The smallest absolute Gasteiger partial charge is 0.224 e. The summed E-state index contributed by atoms with van der Waals surface area (Å²) in [5.41, 5.74) is 4.12. The maximum Gasteiger partial charge on any atom is 0.224 e. The molecule has 4 rings (SSSR count). The zero-order valence-electron chi connectivity index (χ0n) is 25.1. The van der Waals surface area contributed by atoms with Crippen molar-refractivity contribution in [3.8, 4) is 29.9 Å². The topological polar surface area (TPSA) is 38.8 Å². The lowest BCUT2D eigenvalue weighted by molar-refractivity contribution is -0.116. The molecule has 5 heteroatoms. The highest BCUT2D eigenvalue weighted by molar-refractivity contribution is 5.93. The SMILES string of the molecule is C#Cc1ccc(OCCOCc2ccccc2)c(CN(C(C)=O)c2cc(F)ccc2C#Cc2ccccc2)c1.C=C.CC. The van der Waals surface area contributed by atoms with Crippen LogP contribution in [0.25, 0.3) is 0 Å². The molecule has 43 heavy (non-hydrogen) atoms. The second-order valence-corrected chi connectivity index (χ2v) is 8.74. The third-order valence-corrected chi connectivity index (χ3v) is 5.90. The number of rotatable bonds is 9. The standard InChI is InChI=1S/C34H28FNO3.C2H6.C2H4/c1-3-27-15-19-34(39-21-20-38-25-29-12-8-5-9-13-29)31(22-27)24-36(26(2)37)33-23-32(35)18-17-30(33)16-14-28-10-6-4-7-11-28;2*1-2/h1,4-13,15,17-19,22-23H,20-21,24-25H2,2H3;1-2H3;1-2H2. The molecule has 0 unspecified atom stereocenters. The van der Waals surface area contributed by atoms with Gasteiger partial charge in [-0.1, -0.05) is 80.1 Å². The van der Waals surface area contributed by atoms with E-state index in [4.69, 9.17) is 15.9 Å². The van der Waals surface area contributed by atoms with Gasteiger partial charge in [0.1, 0.15) is 18.2 Å². The Morgan fingerprint density at radius 1 is 0.860 bits per heavy atom. The largest absolute Gasteiger partial charge is 0.491 e. The van der Waals surface area contributed by atoms with Gasteiger partial charge in [-0.05, 0) is 54.1 Å². The van der Waals surface area contributed by atoms with E-state index in [2.05, 4.69) is 30.9 Å². The van der Waals surface area contributed by atoms with Crippen LogP contribution in [0.4, 0.5) is 10.1 Å². The average molecular weight is 576 g/mol. The van der Waals surface area contributed by atoms with Crippen molar-refractivity contribution in [1.29, 1.82) is 0 Å². The first-order valence-corrected chi connectivity index (χ1v) is 14.0. The first-order chi connectivity index (χ1) is 21.0. The number of anilines is 1. The van der Waals surface area contributed by atoms with E-state index < -0.39 is 5.82 Å². The summed E-state index contributed by atoms with van der Waals surface area (Å²) in [6, 6.07) is 28.9. The maximum absolute atomic E-state index is 14.4. The summed E-state index contributed by atoms with van der Waals surface area (Å²) >= 11 is 0. The molecular weight excluding hydrogens is 537 g/mol. The van der Waals surface area contributed by atoms with Gasteiger partial charge in [0, 0.05) is 29.2 Å². The third kappa shape index (κ3) is 11.0. The molecule has 0 aliphatic heterocycles. The highest BCUT2D eigenvalue weighted by atomic mass is 19.1. The minimum Gasteiger partial charge on any atom is -0.491 e. The molecule has 0 fully saturated rings. The van der Waals surface area contributed by atoms with Crippen LogP contribution in [-0.2, 0) is 22.7 Å². The monoisotopic (exact) mass is 575 g/mol. The van der Waals surface area contributed by atoms with E-state index in [9.17, 15) is 9.18 Å². The molecule has 0 bridgehead atoms. The molecule has 1 amide bonds. The number of ether oxygens (including phenoxy) is 2. The molecular formula is C38H38FNO3. The van der Waals surface area contributed by atoms with E-state index in [0.717, 1.165) is 11.1 Å². The quantitative estimate of drug-likeness (QED) is 0.115. The lowest BCUT2D eigenvalue weighted by Gasteiger charge is -2.24. The van der Waals surface area contributed by atoms with Crippen molar-refractivity contribution in [2.45, 2.75) is 33.9 Å². The first kappa shape index (κ1) is 34.1. The Balaban J connectivity index is 0.00000155. The summed E-state index contributed by atoms with van der Waals surface area (Å²) in [7, 11) is 0. The fourth-order valence-electron chi connectivity index (χ4n) is 3.94. The predicted octanol–water partition coefficient (Wildman–Crippen LogP) is 8.18. The van der Waals surface area contributed by atoms with Crippen LogP contribution < -0.4 is 9.64 Å². The number of hydrogen-bond acceptors (Lipinski definition) is 3. The number of hydrogen-bond donors (Lipinski definition) is 0. The summed E-state index contributed by atoms with van der Waals surface area (Å²) in [6.45, 7) is 12.7. The molecule has 0 aliphatic rings. The molecule has 220 valence electrons. The Bertz CT molecular complexity index is 1530. The molecule has 4 aromatic carbocycles. The number of carbonyl (C=O) groups is 1. The number of amides is 1. The van der Waals surface area contributed by atoms with Crippen molar-refractivity contribution in [1.82, 2.24) is 0 Å². The number of halogens is 1. The summed E-state index contributed by atoms with van der Waals surface area (Å²) in [4.78, 5) is 14.3. The average Bonchev–Trinajstić information content (AvgIpc) is 3.06. The second-order valence-electron chi connectivity index (χ2n) is 8.74. The lowest BCUT2D eigenvalue weighted by atomic mass is 10.1. The van der Waals surface area contributed by atoms with E-state index in [1.165, 1.54) is 24.0 Å². The van der Waals surface area contributed by atoms with E-state index in [-0.39, 0.29) is 12.5 Å². The minimum absolute atomic E-state index is 0.120. The maximum atomic E-state index is 14.4. The van der Waals surface area contributed by atoms with E-state index in [1.807, 2.05) is 74.5 Å². The Labute approximate surface area is 255 Å². The van der Waals surface area contributed by atoms with Crippen molar-refractivity contribution in [3.63, 3.8) is 0 Å². The van der Waals surface area contributed by atoms with Crippen LogP contribution in [0.15, 0.2) is 110 Å². The molecule has 4 aromatic rings. The third-order valence-electron chi connectivity index (χ3n) is 5.90. The molecule has 0 spiro atoms. The van der Waals surface area contributed by atoms with Crippen LogP contribution in [0, 0.1) is 30.0 Å². The molecule has 0 saturated carbocycles. The second kappa shape index (κ2) is 19.1. The fourth-order valence-corrected chi connectivity index (χ4v) is 3.94. The van der Waals surface area contributed by atoms with Gasteiger partial charge in [-0.3, -0.25) is 4.79 Å². The lowest BCUT2D eigenvalue weighted by Crippen LogP contribution is -2.29. The van der Waals surface area contributed by atoms with Crippen molar-refractivity contribution in [2.75, 3.05) is 18.1 Å². The summed E-state index contributed by atoms with van der Waals surface area (Å²) in [5, 5.41) is 0. The van der Waals surface area contributed by atoms with Crippen molar-refractivity contribution < 1.29 is 18.7 Å². The summed E-state index contributed by atoms with van der Waals surface area (Å²) < 4.78 is 26.1. The number of carbonyl (C=O) groups excluding carboxylic acids is 1.